The first-order chi connectivity index (χ1) is 9.52. The number of rotatable bonds is 3. The van der Waals surface area contributed by atoms with Gasteiger partial charge in [-0.25, -0.2) is 0 Å². The van der Waals surface area contributed by atoms with E-state index in [9.17, 15) is 9.59 Å². The van der Waals surface area contributed by atoms with E-state index in [4.69, 9.17) is 10.5 Å². The van der Waals surface area contributed by atoms with Crippen LogP contribution in [0.2, 0.25) is 0 Å². The largest absolute Gasteiger partial charge is 0.466 e. The molecule has 1 aliphatic heterocycles. The number of amides is 1. The van der Waals surface area contributed by atoms with E-state index in [0.29, 0.717) is 30.3 Å². The number of anilines is 1. The van der Waals surface area contributed by atoms with E-state index in [-0.39, 0.29) is 17.8 Å². The van der Waals surface area contributed by atoms with E-state index in [1.165, 1.54) is 11.3 Å². The average Bonchev–Trinajstić information content (AvgIpc) is 2.78. The quantitative estimate of drug-likeness (QED) is 0.867. The zero-order valence-corrected chi connectivity index (χ0v) is 12.7. The number of carbonyl (C=O) groups is 2. The second-order valence-corrected chi connectivity index (χ2v) is 6.22. The fourth-order valence-corrected chi connectivity index (χ4v) is 3.28. The molecule has 110 valence electrons. The van der Waals surface area contributed by atoms with Gasteiger partial charge in [-0.1, -0.05) is 0 Å². The average molecular weight is 296 g/mol. The molecule has 1 aromatic rings. The van der Waals surface area contributed by atoms with E-state index in [2.05, 4.69) is 0 Å². The molecule has 1 aliphatic rings. The lowest BCUT2D eigenvalue weighted by Crippen LogP contribution is -2.42. The Morgan fingerprint density at radius 2 is 2.30 bits per heavy atom. The monoisotopic (exact) mass is 296 g/mol. The van der Waals surface area contributed by atoms with Crippen molar-refractivity contribution < 1.29 is 14.3 Å². The van der Waals surface area contributed by atoms with Crippen molar-refractivity contribution in [3.05, 3.63) is 15.8 Å². The predicted octanol–water partition coefficient (Wildman–Crippen LogP) is 2.05. The summed E-state index contributed by atoms with van der Waals surface area (Å²) in [4.78, 5) is 27.5. The summed E-state index contributed by atoms with van der Waals surface area (Å²) in [5.41, 5.74) is 6.44. The summed E-state index contributed by atoms with van der Waals surface area (Å²) in [7, 11) is 0. The van der Waals surface area contributed by atoms with Crippen molar-refractivity contribution in [2.24, 2.45) is 5.92 Å². The molecule has 0 aliphatic carbocycles. The summed E-state index contributed by atoms with van der Waals surface area (Å²) in [6.07, 6.45) is 1.61. The van der Waals surface area contributed by atoms with Gasteiger partial charge >= 0.3 is 5.97 Å². The van der Waals surface area contributed by atoms with Gasteiger partial charge in [0.25, 0.3) is 5.91 Å². The molecule has 2 rings (SSSR count). The van der Waals surface area contributed by atoms with Crippen molar-refractivity contribution >= 4 is 28.9 Å². The molecule has 0 aromatic carbocycles. The van der Waals surface area contributed by atoms with Crippen LogP contribution >= 0.6 is 11.3 Å². The predicted molar refractivity (Wildman–Crippen MR) is 78.7 cm³/mol. The minimum absolute atomic E-state index is 0.0381. The van der Waals surface area contributed by atoms with Crippen LogP contribution < -0.4 is 5.73 Å². The summed E-state index contributed by atoms with van der Waals surface area (Å²) >= 11 is 1.40. The highest BCUT2D eigenvalue weighted by atomic mass is 32.1. The third-order valence-electron chi connectivity index (χ3n) is 3.50. The summed E-state index contributed by atoms with van der Waals surface area (Å²) in [5.74, 6) is -0.443. The molecule has 1 fully saturated rings. The maximum absolute atomic E-state index is 12.4. The summed E-state index contributed by atoms with van der Waals surface area (Å²) in [5, 5.41) is 0. The lowest BCUT2D eigenvalue weighted by Gasteiger charge is -2.31. The zero-order valence-electron chi connectivity index (χ0n) is 11.8. The Morgan fingerprint density at radius 3 is 2.90 bits per heavy atom. The maximum atomic E-state index is 12.4. The normalized spacial score (nSPS) is 18.9. The SMILES string of the molecule is CCOC(=O)C1CCCN(C(=O)c2cc(N)c(C)s2)C1. The van der Waals surface area contributed by atoms with E-state index >= 15 is 0 Å². The van der Waals surface area contributed by atoms with Gasteiger partial charge in [-0.2, -0.15) is 0 Å². The van der Waals surface area contributed by atoms with Gasteiger partial charge in [0.1, 0.15) is 0 Å². The van der Waals surface area contributed by atoms with E-state index < -0.39 is 0 Å². The second kappa shape index (κ2) is 6.26. The number of esters is 1. The molecule has 0 spiro atoms. The minimum atomic E-state index is -0.203. The highest BCUT2D eigenvalue weighted by molar-refractivity contribution is 7.14. The first-order valence-corrected chi connectivity index (χ1v) is 7.66. The van der Waals surface area contributed by atoms with E-state index in [0.717, 1.165) is 17.7 Å². The topological polar surface area (TPSA) is 72.6 Å². The van der Waals surface area contributed by atoms with Crippen LogP contribution in [-0.4, -0.2) is 36.5 Å². The van der Waals surface area contributed by atoms with E-state index in [1.54, 1.807) is 17.9 Å². The second-order valence-electron chi connectivity index (χ2n) is 4.96. The number of hydrogen-bond donors (Lipinski definition) is 1. The van der Waals surface area contributed by atoms with Gasteiger partial charge < -0.3 is 15.4 Å². The Hall–Kier alpha value is -1.56. The molecule has 5 nitrogen and oxygen atoms in total. The Bertz CT molecular complexity index is 493. The lowest BCUT2D eigenvalue weighted by molar-refractivity contribution is -0.149. The van der Waals surface area contributed by atoms with Crippen LogP contribution in [0, 0.1) is 12.8 Å². The first kappa shape index (κ1) is 14.8. The molecule has 1 amide bonds. The van der Waals surface area contributed by atoms with Gasteiger partial charge in [-0.3, -0.25) is 9.59 Å². The van der Waals surface area contributed by atoms with Crippen molar-refractivity contribution in [3.63, 3.8) is 0 Å². The number of hydrogen-bond acceptors (Lipinski definition) is 5. The molecular formula is C14H20N2O3S. The molecule has 1 unspecified atom stereocenters. The zero-order chi connectivity index (χ0) is 14.7. The summed E-state index contributed by atoms with van der Waals surface area (Å²) < 4.78 is 5.04. The van der Waals surface area contributed by atoms with Gasteiger partial charge in [0.05, 0.1) is 17.4 Å². The molecule has 0 bridgehead atoms. The fourth-order valence-electron chi connectivity index (χ4n) is 2.37. The maximum Gasteiger partial charge on any atom is 0.310 e. The lowest BCUT2D eigenvalue weighted by atomic mass is 9.98. The molecule has 0 saturated carbocycles. The summed E-state index contributed by atoms with van der Waals surface area (Å²) in [6.45, 7) is 5.19. The molecule has 2 heterocycles. The van der Waals surface area contributed by atoms with Crippen LogP contribution in [0.3, 0.4) is 0 Å². The molecule has 1 saturated heterocycles. The van der Waals surface area contributed by atoms with Crippen LogP contribution in [0.4, 0.5) is 5.69 Å². The van der Waals surface area contributed by atoms with Crippen molar-refractivity contribution in [2.45, 2.75) is 26.7 Å². The molecule has 6 heteroatoms. The molecule has 1 aromatic heterocycles. The number of ether oxygens (including phenoxy) is 1. The number of nitrogens with two attached hydrogens (primary N) is 1. The number of nitrogen functional groups attached to an aromatic ring is 1. The van der Waals surface area contributed by atoms with Crippen LogP contribution in [-0.2, 0) is 9.53 Å². The highest BCUT2D eigenvalue weighted by Gasteiger charge is 2.30. The van der Waals surface area contributed by atoms with Gasteiger partial charge in [0.15, 0.2) is 0 Å². The van der Waals surface area contributed by atoms with Crippen molar-refractivity contribution in [2.75, 3.05) is 25.4 Å². The Morgan fingerprint density at radius 1 is 1.55 bits per heavy atom. The van der Waals surface area contributed by atoms with Crippen LogP contribution in [0.5, 0.6) is 0 Å². The third-order valence-corrected chi connectivity index (χ3v) is 4.55. The fraction of sp³-hybridized carbons (Fsp3) is 0.571. The Balaban J connectivity index is 2.05. The van der Waals surface area contributed by atoms with Gasteiger partial charge in [-0.05, 0) is 32.8 Å². The number of piperidine rings is 1. The summed E-state index contributed by atoms with van der Waals surface area (Å²) in [6, 6.07) is 1.72. The van der Waals surface area contributed by atoms with Gasteiger partial charge in [0.2, 0.25) is 0 Å². The molecule has 1 atom stereocenters. The molecule has 2 N–H and O–H groups in total. The number of carbonyl (C=O) groups excluding carboxylic acids is 2. The number of likely N-dealkylation sites (tertiary alicyclic amines) is 1. The van der Waals surface area contributed by atoms with Crippen molar-refractivity contribution in [1.82, 2.24) is 4.90 Å². The molecule has 0 radical (unpaired) electrons. The van der Waals surface area contributed by atoms with Crippen molar-refractivity contribution in [3.8, 4) is 0 Å². The van der Waals surface area contributed by atoms with Gasteiger partial charge in [-0.15, -0.1) is 11.3 Å². The Labute approximate surface area is 122 Å². The highest BCUT2D eigenvalue weighted by Crippen LogP contribution is 2.26. The van der Waals surface area contributed by atoms with Crippen LogP contribution in [0.15, 0.2) is 6.07 Å². The smallest absolute Gasteiger partial charge is 0.310 e. The van der Waals surface area contributed by atoms with Crippen molar-refractivity contribution in [1.29, 1.82) is 0 Å². The van der Waals surface area contributed by atoms with Crippen LogP contribution in [0.25, 0.3) is 0 Å². The van der Waals surface area contributed by atoms with Crippen LogP contribution in [0.1, 0.15) is 34.3 Å². The Kier molecular flexibility index (Phi) is 4.65. The number of thiophene rings is 1. The number of aryl methyl sites for hydroxylation is 1. The number of nitrogens with zero attached hydrogens (tertiary/aromatic N) is 1. The standard InChI is InChI=1S/C14H20N2O3S/c1-3-19-14(18)10-5-4-6-16(8-10)13(17)12-7-11(15)9(2)20-12/h7,10H,3-6,8,15H2,1-2H3. The molecule has 20 heavy (non-hydrogen) atoms. The molecular weight excluding hydrogens is 276 g/mol. The minimum Gasteiger partial charge on any atom is -0.466 e. The first-order valence-electron chi connectivity index (χ1n) is 6.84. The third kappa shape index (κ3) is 3.12. The van der Waals surface area contributed by atoms with Gasteiger partial charge in [0, 0.05) is 23.7 Å². The van der Waals surface area contributed by atoms with E-state index in [1.807, 2.05) is 6.92 Å².